The predicted octanol–water partition coefficient (Wildman–Crippen LogP) is 4.03. The molecule has 1 spiro atoms. The first-order chi connectivity index (χ1) is 17.6. The third-order valence-corrected chi connectivity index (χ3v) is 9.21. The molecule has 0 radical (unpaired) electrons. The van der Waals surface area contributed by atoms with Gasteiger partial charge in [-0.05, 0) is 37.5 Å². The Labute approximate surface area is 217 Å². The molecule has 1 aromatic rings. The van der Waals surface area contributed by atoms with Gasteiger partial charge in [0.15, 0.2) is 6.10 Å². The minimum atomic E-state index is -0.978. The van der Waals surface area contributed by atoms with Crippen molar-refractivity contribution in [2.24, 2.45) is 29.1 Å². The molecule has 2 aliphatic carbocycles. The molecule has 200 valence electrons. The van der Waals surface area contributed by atoms with E-state index in [1.54, 1.807) is 18.3 Å². The van der Waals surface area contributed by atoms with E-state index >= 15 is 0 Å². The van der Waals surface area contributed by atoms with Crippen LogP contribution in [-0.2, 0) is 28.5 Å². The van der Waals surface area contributed by atoms with E-state index in [-0.39, 0.29) is 23.7 Å². The van der Waals surface area contributed by atoms with Crippen LogP contribution in [0.1, 0.15) is 57.9 Å². The molecule has 2 aliphatic heterocycles. The van der Waals surface area contributed by atoms with E-state index in [4.69, 9.17) is 18.9 Å². The van der Waals surface area contributed by atoms with Crippen LogP contribution in [-0.4, -0.2) is 59.8 Å². The summed E-state index contributed by atoms with van der Waals surface area (Å²) in [6, 6.07) is 3.37. The maximum Gasteiger partial charge on any atom is 0.355 e. The smallest absolute Gasteiger partial charge is 0.355 e. The van der Waals surface area contributed by atoms with E-state index in [9.17, 15) is 14.4 Å². The zero-order chi connectivity index (χ0) is 26.7. The first kappa shape index (κ1) is 25.9. The molecule has 37 heavy (non-hydrogen) atoms. The molecule has 8 heteroatoms. The Morgan fingerprint density at radius 2 is 2.03 bits per heavy atom. The summed E-state index contributed by atoms with van der Waals surface area (Å²) in [4.78, 5) is 43.1. The molecular formula is C29H37NO7. The number of hydrogen-bond acceptors (Lipinski definition) is 7. The number of esters is 2. The van der Waals surface area contributed by atoms with Gasteiger partial charge in [-0.3, -0.25) is 4.79 Å². The van der Waals surface area contributed by atoms with Crippen molar-refractivity contribution in [2.45, 2.75) is 77.5 Å². The third-order valence-electron chi connectivity index (χ3n) is 9.21. The molecule has 10 atom stereocenters. The van der Waals surface area contributed by atoms with Crippen LogP contribution in [0, 0.1) is 29.1 Å². The Bertz CT molecular complexity index is 1140. The van der Waals surface area contributed by atoms with Gasteiger partial charge in [0, 0.05) is 30.6 Å². The van der Waals surface area contributed by atoms with Crippen LogP contribution in [0.15, 0.2) is 42.1 Å². The van der Waals surface area contributed by atoms with Gasteiger partial charge in [0.25, 0.3) is 0 Å². The fourth-order valence-corrected chi connectivity index (χ4v) is 7.23. The Balaban J connectivity index is 1.62. The van der Waals surface area contributed by atoms with Crippen LogP contribution in [0.3, 0.4) is 0 Å². The summed E-state index contributed by atoms with van der Waals surface area (Å²) in [5.74, 6) is -2.31. The number of carbonyl (C=O) groups is 3. The van der Waals surface area contributed by atoms with Gasteiger partial charge >= 0.3 is 11.9 Å². The number of rotatable bonds is 4. The van der Waals surface area contributed by atoms with Gasteiger partial charge in [-0.25, -0.2) is 9.59 Å². The summed E-state index contributed by atoms with van der Waals surface area (Å²) in [5.41, 5.74) is -0.379. The van der Waals surface area contributed by atoms with E-state index in [1.165, 1.54) is 7.11 Å². The fraction of sp³-hybridized carbons (Fsp3) is 0.621. The SMILES string of the molecule is CC[C@@H]1OC(=O)[C@@H](OC)C[C@H]2C=C[C@]3(C)[C@H]4C(=O)[C@@H](C)[C@@H](OC(=O)c5ccc[nH]5)[C@@H]3O[C@@]24/C(C)=C/[C@H]1C. The molecule has 4 aliphatic rings. The van der Waals surface area contributed by atoms with Crippen molar-refractivity contribution in [3.8, 4) is 0 Å². The van der Waals surface area contributed by atoms with Gasteiger partial charge in [0.2, 0.25) is 0 Å². The van der Waals surface area contributed by atoms with Crippen molar-refractivity contribution >= 4 is 17.7 Å². The summed E-state index contributed by atoms with van der Waals surface area (Å²) in [6.07, 6.45) is 6.43. The molecule has 0 amide bonds. The molecule has 0 aromatic carbocycles. The van der Waals surface area contributed by atoms with E-state index in [1.807, 2.05) is 40.7 Å². The Hall–Kier alpha value is -2.71. The number of nitrogens with one attached hydrogen (secondary N) is 1. The van der Waals surface area contributed by atoms with Crippen LogP contribution in [0.5, 0.6) is 0 Å². The largest absolute Gasteiger partial charge is 0.460 e. The van der Waals surface area contributed by atoms with Crippen molar-refractivity contribution < 1.29 is 33.3 Å². The second-order valence-corrected chi connectivity index (χ2v) is 11.3. The summed E-state index contributed by atoms with van der Waals surface area (Å²) in [5, 5.41) is 0. The average Bonchev–Trinajstić information content (AvgIpc) is 3.45. The van der Waals surface area contributed by atoms with Crippen molar-refractivity contribution in [1.82, 2.24) is 4.98 Å². The minimum Gasteiger partial charge on any atom is -0.460 e. The molecule has 1 N–H and O–H groups in total. The highest BCUT2D eigenvalue weighted by Crippen LogP contribution is 2.65. The maximum absolute atomic E-state index is 14.2. The van der Waals surface area contributed by atoms with Crippen molar-refractivity contribution in [1.29, 1.82) is 0 Å². The first-order valence-electron chi connectivity index (χ1n) is 13.3. The van der Waals surface area contributed by atoms with E-state index in [2.05, 4.69) is 17.1 Å². The summed E-state index contributed by atoms with van der Waals surface area (Å²) in [7, 11) is 1.51. The predicted molar refractivity (Wildman–Crippen MR) is 135 cm³/mol. The van der Waals surface area contributed by atoms with Crippen molar-refractivity contribution in [3.05, 3.63) is 47.8 Å². The lowest BCUT2D eigenvalue weighted by Crippen LogP contribution is -2.59. The lowest BCUT2D eigenvalue weighted by atomic mass is 9.52. The molecule has 0 unspecified atom stereocenters. The van der Waals surface area contributed by atoms with Gasteiger partial charge in [-0.15, -0.1) is 0 Å². The average molecular weight is 512 g/mol. The standard InChI is InChI=1S/C29H37NO7/c1-7-20-15(2)13-16(3)29-18(14-21(34-6)27(33)35-20)10-11-28(5)24(29)22(31)17(4)23(25(28)37-29)36-26(32)19-9-8-12-30-19/h8-13,15,17-18,20-21,23-25,30H,7,14H2,1-6H3/b16-13+/t15-,17-,18-,20+,21+,23-,24-,25+,28-,29+/m1/s1. The number of carbonyl (C=O) groups excluding carboxylic acids is 3. The summed E-state index contributed by atoms with van der Waals surface area (Å²) < 4.78 is 24.4. The van der Waals surface area contributed by atoms with Crippen LogP contribution >= 0.6 is 0 Å². The first-order valence-corrected chi connectivity index (χ1v) is 13.3. The van der Waals surface area contributed by atoms with Gasteiger partial charge in [0.1, 0.15) is 35.4 Å². The number of cyclic esters (lactones) is 1. The second kappa shape index (κ2) is 9.24. The number of Topliss-reactive ketones (excluding diaryl/α,β-unsaturated/α-hetero) is 1. The number of aromatic amines is 1. The summed E-state index contributed by atoms with van der Waals surface area (Å²) >= 11 is 0. The molecule has 2 fully saturated rings. The van der Waals surface area contributed by atoms with Crippen LogP contribution in [0.4, 0.5) is 0 Å². The van der Waals surface area contributed by atoms with Gasteiger partial charge in [-0.1, -0.05) is 45.9 Å². The number of ketones is 1. The number of ether oxygens (including phenoxy) is 4. The van der Waals surface area contributed by atoms with E-state index in [0.29, 0.717) is 18.5 Å². The fourth-order valence-electron chi connectivity index (χ4n) is 7.23. The molecule has 1 aromatic heterocycles. The van der Waals surface area contributed by atoms with Crippen molar-refractivity contribution in [3.63, 3.8) is 0 Å². The topological polar surface area (TPSA) is 104 Å². The van der Waals surface area contributed by atoms with Crippen LogP contribution in [0.2, 0.25) is 0 Å². The van der Waals surface area contributed by atoms with Crippen LogP contribution < -0.4 is 0 Å². The highest BCUT2D eigenvalue weighted by atomic mass is 16.6. The lowest BCUT2D eigenvalue weighted by Gasteiger charge is -2.49. The Morgan fingerprint density at radius 3 is 2.68 bits per heavy atom. The molecule has 3 heterocycles. The highest BCUT2D eigenvalue weighted by Gasteiger charge is 2.74. The zero-order valence-corrected chi connectivity index (χ0v) is 22.4. The van der Waals surface area contributed by atoms with Gasteiger partial charge < -0.3 is 23.9 Å². The molecule has 8 nitrogen and oxygen atoms in total. The lowest BCUT2D eigenvalue weighted by molar-refractivity contribution is -0.166. The molecule has 1 saturated heterocycles. The minimum absolute atomic E-state index is 0.0101. The van der Waals surface area contributed by atoms with Crippen molar-refractivity contribution in [2.75, 3.05) is 7.11 Å². The van der Waals surface area contributed by atoms with Gasteiger partial charge in [-0.2, -0.15) is 0 Å². The Morgan fingerprint density at radius 1 is 1.27 bits per heavy atom. The molecular weight excluding hydrogens is 474 g/mol. The van der Waals surface area contributed by atoms with E-state index in [0.717, 1.165) is 5.57 Å². The van der Waals surface area contributed by atoms with Crippen LogP contribution in [0.25, 0.3) is 0 Å². The number of methoxy groups -OCH3 is 1. The number of hydrogen-bond donors (Lipinski definition) is 1. The highest BCUT2D eigenvalue weighted by molar-refractivity contribution is 5.91. The van der Waals surface area contributed by atoms with E-state index < -0.39 is 53.1 Å². The quantitative estimate of drug-likeness (QED) is 0.481. The Kier molecular flexibility index (Phi) is 6.47. The molecule has 1 saturated carbocycles. The normalized spacial score (nSPS) is 44.4. The second-order valence-electron chi connectivity index (χ2n) is 11.3. The summed E-state index contributed by atoms with van der Waals surface area (Å²) in [6.45, 7) is 9.86. The van der Waals surface area contributed by atoms with Gasteiger partial charge in [0.05, 0.1) is 11.8 Å². The third kappa shape index (κ3) is 3.75. The maximum atomic E-state index is 14.2. The molecule has 4 bridgehead atoms. The number of H-pyrrole nitrogens is 1. The number of aromatic nitrogens is 1. The zero-order valence-electron chi connectivity index (χ0n) is 22.4. The molecule has 5 rings (SSSR count). The monoisotopic (exact) mass is 511 g/mol.